The van der Waals surface area contributed by atoms with Crippen LogP contribution < -0.4 is 24.3 Å². The molecule has 0 bridgehead atoms. The highest BCUT2D eigenvalue weighted by atomic mass is 35.5. The molecule has 170 valence electrons. The highest BCUT2D eigenvalue weighted by Crippen LogP contribution is 2.39. The van der Waals surface area contributed by atoms with Gasteiger partial charge in [0.15, 0.2) is 5.76 Å². The fraction of sp³-hybridized carbons (Fsp3) is 0.292. The molecule has 0 saturated carbocycles. The van der Waals surface area contributed by atoms with Crippen molar-refractivity contribution in [2.45, 2.75) is 20.3 Å². The summed E-state index contributed by atoms with van der Waals surface area (Å²) in [6.07, 6.45) is 0.428. The lowest BCUT2D eigenvalue weighted by Crippen LogP contribution is -2.13. The van der Waals surface area contributed by atoms with E-state index in [9.17, 15) is 4.79 Å². The molecule has 0 aliphatic heterocycles. The molecule has 0 aliphatic rings. The molecule has 0 aliphatic carbocycles. The van der Waals surface area contributed by atoms with Gasteiger partial charge >= 0.3 is 0 Å². The number of amides is 1. The highest BCUT2D eigenvalue weighted by molar-refractivity contribution is 6.32. The van der Waals surface area contributed by atoms with Gasteiger partial charge in [-0.05, 0) is 43.2 Å². The van der Waals surface area contributed by atoms with E-state index < -0.39 is 5.91 Å². The van der Waals surface area contributed by atoms with E-state index in [4.69, 9.17) is 35.0 Å². The Kier molecular flexibility index (Phi) is 7.20. The Bertz CT molecular complexity index is 1110. The summed E-state index contributed by atoms with van der Waals surface area (Å²) in [6, 6.07) is 8.57. The molecule has 0 saturated heterocycles. The number of aryl methyl sites for hydroxylation is 1. The summed E-state index contributed by atoms with van der Waals surface area (Å²) in [5.74, 6) is 2.37. The summed E-state index contributed by atoms with van der Waals surface area (Å²) >= 11 is 6.42. The Labute approximate surface area is 192 Å². The van der Waals surface area contributed by atoms with Crippen LogP contribution in [0.2, 0.25) is 5.02 Å². The fourth-order valence-electron chi connectivity index (χ4n) is 3.44. The minimum Gasteiger partial charge on any atom is -0.496 e. The number of methoxy groups -OCH3 is 4. The zero-order valence-corrected chi connectivity index (χ0v) is 19.7. The number of hydrogen-bond donors (Lipinski definition) is 1. The predicted molar refractivity (Wildman–Crippen MR) is 123 cm³/mol. The fourth-order valence-corrected chi connectivity index (χ4v) is 3.60. The predicted octanol–water partition coefficient (Wildman–Crippen LogP) is 5.43. The van der Waals surface area contributed by atoms with Crippen molar-refractivity contribution in [3.63, 3.8) is 0 Å². The van der Waals surface area contributed by atoms with Gasteiger partial charge in [0.05, 0.1) is 28.4 Å². The SMILES string of the molecule is COc1cc(OC)c(NC(=O)c2ccc(Cc3c(OC)cc(C)c(Cl)c3C)o2)c(OC)c1. The standard InChI is InChI=1S/C24H26ClNO6/c1-13-9-19(29-4)17(14(2)22(13)25)10-15-7-8-18(32-15)24(27)26-23-20(30-5)11-16(28-3)12-21(23)31-6/h7-9,11-12H,10H2,1-6H3,(H,26,27). The van der Waals surface area contributed by atoms with E-state index in [1.165, 1.54) is 21.3 Å². The van der Waals surface area contributed by atoms with Crippen molar-refractivity contribution < 1.29 is 28.2 Å². The van der Waals surface area contributed by atoms with Gasteiger partial charge in [-0.25, -0.2) is 0 Å². The number of hydrogen-bond acceptors (Lipinski definition) is 6. The maximum absolute atomic E-state index is 12.9. The number of carbonyl (C=O) groups excluding carboxylic acids is 1. The van der Waals surface area contributed by atoms with E-state index in [1.807, 2.05) is 19.9 Å². The number of furan rings is 1. The second-order valence-corrected chi connectivity index (χ2v) is 7.50. The summed E-state index contributed by atoms with van der Waals surface area (Å²) in [6.45, 7) is 3.87. The van der Waals surface area contributed by atoms with Crippen LogP contribution in [0.25, 0.3) is 0 Å². The number of carbonyl (C=O) groups is 1. The van der Waals surface area contributed by atoms with E-state index >= 15 is 0 Å². The van der Waals surface area contributed by atoms with Crippen LogP contribution >= 0.6 is 11.6 Å². The Morgan fingerprint density at radius 2 is 1.56 bits per heavy atom. The Hall–Kier alpha value is -3.32. The molecule has 0 unspecified atom stereocenters. The van der Waals surface area contributed by atoms with Gasteiger partial charge in [0.2, 0.25) is 0 Å². The molecular weight excluding hydrogens is 434 g/mol. The monoisotopic (exact) mass is 459 g/mol. The molecule has 32 heavy (non-hydrogen) atoms. The summed E-state index contributed by atoms with van der Waals surface area (Å²) in [4.78, 5) is 12.9. The maximum Gasteiger partial charge on any atom is 0.291 e. The molecule has 8 heteroatoms. The number of benzene rings is 2. The minimum atomic E-state index is -0.441. The third kappa shape index (κ3) is 4.62. The molecule has 1 N–H and O–H groups in total. The van der Waals surface area contributed by atoms with E-state index in [0.29, 0.717) is 40.1 Å². The second kappa shape index (κ2) is 9.87. The van der Waals surface area contributed by atoms with Crippen LogP contribution in [-0.2, 0) is 6.42 Å². The Morgan fingerprint density at radius 3 is 2.12 bits per heavy atom. The summed E-state index contributed by atoms with van der Waals surface area (Å²) < 4.78 is 27.3. The van der Waals surface area contributed by atoms with Gasteiger partial charge in [-0.2, -0.15) is 0 Å². The van der Waals surface area contributed by atoms with Crippen LogP contribution in [0.5, 0.6) is 23.0 Å². The summed E-state index contributed by atoms with van der Waals surface area (Å²) in [7, 11) is 6.14. The molecule has 0 spiro atoms. The molecule has 1 heterocycles. The summed E-state index contributed by atoms with van der Waals surface area (Å²) in [5.41, 5.74) is 3.13. The van der Waals surface area contributed by atoms with Crippen molar-refractivity contribution in [3.8, 4) is 23.0 Å². The topological polar surface area (TPSA) is 79.2 Å². The quantitative estimate of drug-likeness (QED) is 0.484. The first-order valence-corrected chi connectivity index (χ1v) is 10.2. The third-order valence-corrected chi connectivity index (χ3v) is 5.76. The maximum atomic E-state index is 12.9. The zero-order chi connectivity index (χ0) is 23.4. The van der Waals surface area contributed by atoms with Crippen LogP contribution in [0.1, 0.15) is 33.0 Å². The number of halogens is 1. The molecule has 3 aromatic rings. The zero-order valence-electron chi connectivity index (χ0n) is 18.9. The summed E-state index contributed by atoms with van der Waals surface area (Å²) in [5, 5.41) is 3.48. The van der Waals surface area contributed by atoms with E-state index in [2.05, 4.69) is 5.32 Å². The van der Waals surface area contributed by atoms with Crippen LogP contribution in [0.15, 0.2) is 34.7 Å². The first-order chi connectivity index (χ1) is 15.3. The van der Waals surface area contributed by atoms with Crippen molar-refractivity contribution >= 4 is 23.2 Å². The third-order valence-electron chi connectivity index (χ3n) is 5.18. The largest absolute Gasteiger partial charge is 0.496 e. The highest BCUT2D eigenvalue weighted by Gasteiger charge is 2.20. The number of ether oxygens (including phenoxy) is 4. The Morgan fingerprint density at radius 1 is 0.938 bits per heavy atom. The molecule has 1 amide bonds. The van der Waals surface area contributed by atoms with Gasteiger partial charge in [0.1, 0.15) is 34.4 Å². The van der Waals surface area contributed by atoms with Gasteiger partial charge in [-0.15, -0.1) is 0 Å². The molecule has 2 aromatic carbocycles. The second-order valence-electron chi connectivity index (χ2n) is 7.12. The first-order valence-electron chi connectivity index (χ1n) is 9.85. The van der Waals surface area contributed by atoms with Crippen molar-refractivity contribution in [3.05, 3.63) is 63.6 Å². The van der Waals surface area contributed by atoms with Gasteiger partial charge in [-0.3, -0.25) is 4.79 Å². The van der Waals surface area contributed by atoms with Gasteiger partial charge < -0.3 is 28.7 Å². The normalized spacial score (nSPS) is 10.6. The average Bonchev–Trinajstić information content (AvgIpc) is 3.28. The van der Waals surface area contributed by atoms with Crippen LogP contribution in [0.3, 0.4) is 0 Å². The lowest BCUT2D eigenvalue weighted by Gasteiger charge is -2.15. The van der Waals surface area contributed by atoms with Crippen molar-refractivity contribution in [1.82, 2.24) is 0 Å². The number of nitrogens with one attached hydrogen (secondary N) is 1. The number of rotatable bonds is 8. The van der Waals surface area contributed by atoms with Crippen LogP contribution in [0.4, 0.5) is 5.69 Å². The molecule has 0 fully saturated rings. The van der Waals surface area contributed by atoms with E-state index in [-0.39, 0.29) is 5.76 Å². The van der Waals surface area contributed by atoms with E-state index in [1.54, 1.807) is 31.4 Å². The Balaban J connectivity index is 1.86. The average molecular weight is 460 g/mol. The van der Waals surface area contributed by atoms with Crippen LogP contribution in [-0.4, -0.2) is 34.3 Å². The molecule has 3 rings (SSSR count). The van der Waals surface area contributed by atoms with Crippen molar-refractivity contribution in [2.75, 3.05) is 33.8 Å². The molecule has 0 atom stereocenters. The van der Waals surface area contributed by atoms with Crippen LogP contribution in [0, 0.1) is 13.8 Å². The van der Waals surface area contributed by atoms with Crippen molar-refractivity contribution in [2.24, 2.45) is 0 Å². The first kappa shape index (κ1) is 23.3. The van der Waals surface area contributed by atoms with E-state index in [0.717, 1.165) is 22.4 Å². The molecule has 0 radical (unpaired) electrons. The lowest BCUT2D eigenvalue weighted by molar-refractivity contribution is 0.0994. The molecular formula is C24H26ClNO6. The molecule has 1 aromatic heterocycles. The van der Waals surface area contributed by atoms with Crippen molar-refractivity contribution in [1.29, 1.82) is 0 Å². The smallest absolute Gasteiger partial charge is 0.291 e. The molecule has 7 nitrogen and oxygen atoms in total. The van der Waals surface area contributed by atoms with Gasteiger partial charge in [-0.1, -0.05) is 11.6 Å². The lowest BCUT2D eigenvalue weighted by atomic mass is 10.0. The minimum absolute atomic E-state index is 0.148. The van der Waals surface area contributed by atoms with Gasteiger partial charge in [0.25, 0.3) is 5.91 Å². The van der Waals surface area contributed by atoms with Gasteiger partial charge in [0, 0.05) is 29.1 Å². The number of anilines is 1.